The normalized spacial score (nSPS) is 22.2. The molecule has 3 nitrogen and oxygen atoms in total. The highest BCUT2D eigenvalue weighted by atomic mass is 16.5. The van der Waals surface area contributed by atoms with E-state index in [0.29, 0.717) is 24.9 Å². The summed E-state index contributed by atoms with van der Waals surface area (Å²) in [6, 6.07) is 7.94. The van der Waals surface area contributed by atoms with E-state index in [1.54, 1.807) is 0 Å². The van der Waals surface area contributed by atoms with Crippen molar-refractivity contribution >= 4 is 5.97 Å². The zero-order valence-electron chi connectivity index (χ0n) is 10.1. The minimum atomic E-state index is -0.160. The second-order valence-corrected chi connectivity index (χ2v) is 4.79. The summed E-state index contributed by atoms with van der Waals surface area (Å²) in [6.45, 7) is 2.55. The fraction of sp³-hybridized carbons (Fsp3) is 0.500. The second-order valence-electron chi connectivity index (χ2n) is 4.79. The van der Waals surface area contributed by atoms with Crippen LogP contribution >= 0.6 is 0 Å². The first-order valence-electron chi connectivity index (χ1n) is 6.01. The summed E-state index contributed by atoms with van der Waals surface area (Å²) < 4.78 is 5.21. The Balaban J connectivity index is 1.73. The van der Waals surface area contributed by atoms with Crippen LogP contribution in [0.5, 0.6) is 0 Å². The van der Waals surface area contributed by atoms with Gasteiger partial charge in [-0.15, -0.1) is 0 Å². The Labute approximate surface area is 101 Å². The Hall–Kier alpha value is -1.35. The first-order valence-corrected chi connectivity index (χ1v) is 6.01. The molecule has 0 radical (unpaired) electrons. The standard InChI is InChI=1S/C14H18O3/c1-10-3-2-4-11(5-10)9-17-14(16)7-12-6-13(12)8-15/h2-5,12-13,15H,6-9H2,1H3/t12-,13?/m1/s1. The van der Waals surface area contributed by atoms with Crippen LogP contribution in [0.25, 0.3) is 0 Å². The highest BCUT2D eigenvalue weighted by Crippen LogP contribution is 2.40. The molecule has 17 heavy (non-hydrogen) atoms. The minimum absolute atomic E-state index is 0.160. The van der Waals surface area contributed by atoms with Crippen molar-refractivity contribution in [3.05, 3.63) is 35.4 Å². The molecule has 92 valence electrons. The topological polar surface area (TPSA) is 46.5 Å². The Morgan fingerprint density at radius 3 is 2.94 bits per heavy atom. The van der Waals surface area contributed by atoms with Gasteiger partial charge < -0.3 is 9.84 Å². The van der Waals surface area contributed by atoms with Gasteiger partial charge in [-0.1, -0.05) is 29.8 Å². The molecule has 1 saturated carbocycles. The van der Waals surface area contributed by atoms with Crippen molar-refractivity contribution in [1.82, 2.24) is 0 Å². The average Bonchev–Trinajstić information content (AvgIpc) is 3.05. The molecule has 0 aromatic heterocycles. The van der Waals surface area contributed by atoms with Gasteiger partial charge in [0.2, 0.25) is 0 Å². The zero-order valence-corrected chi connectivity index (χ0v) is 10.1. The molecule has 0 spiro atoms. The predicted octanol–water partition coefficient (Wildman–Crippen LogP) is 2.06. The van der Waals surface area contributed by atoms with Crippen LogP contribution in [-0.4, -0.2) is 17.7 Å². The molecule has 2 atom stereocenters. The fourth-order valence-corrected chi connectivity index (χ4v) is 2.02. The molecule has 1 unspecified atom stereocenters. The van der Waals surface area contributed by atoms with Gasteiger partial charge in [0, 0.05) is 13.0 Å². The maximum atomic E-state index is 11.5. The van der Waals surface area contributed by atoms with E-state index in [9.17, 15) is 4.79 Å². The molecule has 1 aromatic rings. The fourth-order valence-electron chi connectivity index (χ4n) is 2.02. The lowest BCUT2D eigenvalue weighted by molar-refractivity contribution is -0.145. The van der Waals surface area contributed by atoms with Gasteiger partial charge in [0.05, 0.1) is 0 Å². The summed E-state index contributed by atoms with van der Waals surface area (Å²) in [5.74, 6) is 0.499. The number of carbonyl (C=O) groups excluding carboxylic acids is 1. The zero-order chi connectivity index (χ0) is 12.3. The number of hydrogen-bond acceptors (Lipinski definition) is 3. The Morgan fingerprint density at radius 2 is 2.29 bits per heavy atom. The molecular formula is C14H18O3. The third kappa shape index (κ3) is 3.56. The Bertz CT molecular complexity index is 400. The van der Waals surface area contributed by atoms with Crippen molar-refractivity contribution in [1.29, 1.82) is 0 Å². The quantitative estimate of drug-likeness (QED) is 0.793. The van der Waals surface area contributed by atoms with E-state index in [-0.39, 0.29) is 12.6 Å². The van der Waals surface area contributed by atoms with Gasteiger partial charge in [0.1, 0.15) is 6.61 Å². The molecule has 0 heterocycles. The molecule has 0 bridgehead atoms. The molecule has 0 amide bonds. The first-order chi connectivity index (χ1) is 8.19. The summed E-state index contributed by atoms with van der Waals surface area (Å²) >= 11 is 0. The summed E-state index contributed by atoms with van der Waals surface area (Å²) in [5.41, 5.74) is 2.19. The molecular weight excluding hydrogens is 216 g/mol. The number of ether oxygens (including phenoxy) is 1. The molecule has 1 N–H and O–H groups in total. The van der Waals surface area contributed by atoms with Crippen molar-refractivity contribution in [2.45, 2.75) is 26.4 Å². The lowest BCUT2D eigenvalue weighted by Crippen LogP contribution is -2.06. The SMILES string of the molecule is Cc1cccc(COC(=O)C[C@H]2CC2CO)c1. The second kappa shape index (κ2) is 5.32. The lowest BCUT2D eigenvalue weighted by Gasteiger charge is -2.05. The maximum absolute atomic E-state index is 11.5. The maximum Gasteiger partial charge on any atom is 0.306 e. The third-order valence-electron chi connectivity index (χ3n) is 3.21. The summed E-state index contributed by atoms with van der Waals surface area (Å²) in [4.78, 5) is 11.5. The largest absolute Gasteiger partial charge is 0.461 e. The monoisotopic (exact) mass is 234 g/mol. The lowest BCUT2D eigenvalue weighted by atomic mass is 10.1. The van der Waals surface area contributed by atoms with Gasteiger partial charge in [0.25, 0.3) is 0 Å². The van der Waals surface area contributed by atoms with Crippen LogP contribution in [0.2, 0.25) is 0 Å². The van der Waals surface area contributed by atoms with Crippen LogP contribution in [-0.2, 0) is 16.1 Å². The van der Waals surface area contributed by atoms with Crippen LogP contribution in [0.1, 0.15) is 24.0 Å². The van der Waals surface area contributed by atoms with Gasteiger partial charge in [-0.25, -0.2) is 0 Å². The highest BCUT2D eigenvalue weighted by Gasteiger charge is 2.38. The van der Waals surface area contributed by atoms with Gasteiger partial charge in [-0.3, -0.25) is 4.79 Å². The van der Waals surface area contributed by atoms with E-state index in [1.807, 2.05) is 31.2 Å². The van der Waals surface area contributed by atoms with E-state index in [4.69, 9.17) is 9.84 Å². The first kappa shape index (κ1) is 12.1. The predicted molar refractivity (Wildman–Crippen MR) is 64.3 cm³/mol. The van der Waals surface area contributed by atoms with E-state index in [1.165, 1.54) is 5.56 Å². The van der Waals surface area contributed by atoms with Gasteiger partial charge in [-0.05, 0) is 30.7 Å². The molecule has 0 aliphatic heterocycles. The van der Waals surface area contributed by atoms with Crippen molar-refractivity contribution in [2.75, 3.05) is 6.61 Å². The number of hydrogen-bond donors (Lipinski definition) is 1. The van der Waals surface area contributed by atoms with Crippen molar-refractivity contribution in [3.63, 3.8) is 0 Å². The molecule has 1 aromatic carbocycles. The Kier molecular flexibility index (Phi) is 3.79. The molecule has 3 heteroatoms. The summed E-state index contributed by atoms with van der Waals surface area (Å²) in [7, 11) is 0. The number of esters is 1. The van der Waals surface area contributed by atoms with E-state index in [0.717, 1.165) is 12.0 Å². The summed E-state index contributed by atoms with van der Waals surface area (Å²) in [6.07, 6.45) is 1.40. The Morgan fingerprint density at radius 1 is 1.47 bits per heavy atom. The van der Waals surface area contributed by atoms with Crippen molar-refractivity contribution in [2.24, 2.45) is 11.8 Å². The van der Waals surface area contributed by atoms with Crippen LogP contribution in [0.15, 0.2) is 24.3 Å². The number of aliphatic hydroxyl groups is 1. The summed E-state index contributed by atoms with van der Waals surface area (Å²) in [5, 5.41) is 8.88. The van der Waals surface area contributed by atoms with E-state index >= 15 is 0 Å². The molecule has 2 rings (SSSR count). The van der Waals surface area contributed by atoms with Crippen molar-refractivity contribution in [3.8, 4) is 0 Å². The average molecular weight is 234 g/mol. The smallest absolute Gasteiger partial charge is 0.306 e. The molecule has 1 aliphatic carbocycles. The molecule has 1 fully saturated rings. The minimum Gasteiger partial charge on any atom is -0.461 e. The third-order valence-corrected chi connectivity index (χ3v) is 3.21. The molecule has 1 aliphatic rings. The number of benzene rings is 1. The van der Waals surface area contributed by atoms with Gasteiger partial charge >= 0.3 is 5.97 Å². The highest BCUT2D eigenvalue weighted by molar-refractivity contribution is 5.70. The number of aliphatic hydroxyl groups excluding tert-OH is 1. The van der Waals surface area contributed by atoms with Crippen LogP contribution < -0.4 is 0 Å². The molecule has 0 saturated heterocycles. The number of carbonyl (C=O) groups is 1. The van der Waals surface area contributed by atoms with Gasteiger partial charge in [0.15, 0.2) is 0 Å². The number of rotatable bonds is 5. The number of aryl methyl sites for hydroxylation is 1. The van der Waals surface area contributed by atoms with Crippen LogP contribution in [0, 0.1) is 18.8 Å². The van der Waals surface area contributed by atoms with Crippen LogP contribution in [0.4, 0.5) is 0 Å². The van der Waals surface area contributed by atoms with Crippen molar-refractivity contribution < 1.29 is 14.6 Å². The van der Waals surface area contributed by atoms with E-state index in [2.05, 4.69) is 0 Å². The van der Waals surface area contributed by atoms with Gasteiger partial charge in [-0.2, -0.15) is 0 Å². The van der Waals surface area contributed by atoms with E-state index < -0.39 is 0 Å². The van der Waals surface area contributed by atoms with Crippen LogP contribution in [0.3, 0.4) is 0 Å².